The van der Waals surface area contributed by atoms with E-state index in [1.54, 1.807) is 6.07 Å². The van der Waals surface area contributed by atoms with Gasteiger partial charge in [0.15, 0.2) is 5.69 Å². The Morgan fingerprint density at radius 2 is 2.14 bits per heavy atom. The smallest absolute Gasteiger partial charge is 0.356 e. The summed E-state index contributed by atoms with van der Waals surface area (Å²) in [5.41, 5.74) is 1.24. The van der Waals surface area contributed by atoms with Crippen molar-refractivity contribution in [1.82, 2.24) is 9.97 Å². The Balaban J connectivity index is 2.84. The van der Waals surface area contributed by atoms with Crippen molar-refractivity contribution in [2.75, 3.05) is 0 Å². The van der Waals surface area contributed by atoms with Crippen LogP contribution in [0, 0.1) is 6.92 Å². The van der Waals surface area contributed by atoms with Crippen LogP contribution < -0.4 is 0 Å². The maximum Gasteiger partial charge on any atom is 0.356 e. The average molecular weight is 188 g/mol. The third kappa shape index (κ3) is 1.31. The fourth-order valence-electron chi connectivity index (χ4n) is 1.30. The van der Waals surface area contributed by atoms with Crippen molar-refractivity contribution in [3.8, 4) is 0 Å². The summed E-state index contributed by atoms with van der Waals surface area (Å²) in [6, 6.07) is 5.42. The molecule has 4 heteroatoms. The largest absolute Gasteiger partial charge is 0.476 e. The molecule has 0 amide bonds. The number of carboxylic acids is 1. The SMILES string of the molecule is Cc1ccc2ccnc(C(=O)O)c2n1. The van der Waals surface area contributed by atoms with Gasteiger partial charge in [-0.15, -0.1) is 0 Å². The predicted octanol–water partition coefficient (Wildman–Crippen LogP) is 1.64. The van der Waals surface area contributed by atoms with Crippen molar-refractivity contribution in [3.63, 3.8) is 0 Å². The molecule has 2 heterocycles. The van der Waals surface area contributed by atoms with Crippen LogP contribution in [0.4, 0.5) is 0 Å². The number of carboxylic acid groups (broad SMARTS) is 1. The van der Waals surface area contributed by atoms with Gasteiger partial charge in [-0.3, -0.25) is 4.98 Å². The number of rotatable bonds is 1. The van der Waals surface area contributed by atoms with Gasteiger partial charge in [0, 0.05) is 17.3 Å². The first-order chi connectivity index (χ1) is 6.68. The summed E-state index contributed by atoms with van der Waals surface area (Å²) >= 11 is 0. The van der Waals surface area contributed by atoms with E-state index >= 15 is 0 Å². The quantitative estimate of drug-likeness (QED) is 0.738. The number of aryl methyl sites for hydroxylation is 1. The van der Waals surface area contributed by atoms with Crippen LogP contribution in [0.2, 0.25) is 0 Å². The minimum Gasteiger partial charge on any atom is -0.476 e. The molecule has 14 heavy (non-hydrogen) atoms. The Morgan fingerprint density at radius 3 is 2.86 bits per heavy atom. The molecule has 0 aliphatic heterocycles. The fourth-order valence-corrected chi connectivity index (χ4v) is 1.30. The van der Waals surface area contributed by atoms with Crippen LogP contribution in [-0.2, 0) is 0 Å². The lowest BCUT2D eigenvalue weighted by Crippen LogP contribution is -2.02. The molecule has 0 radical (unpaired) electrons. The van der Waals surface area contributed by atoms with Gasteiger partial charge >= 0.3 is 5.97 Å². The molecule has 0 aliphatic rings. The van der Waals surface area contributed by atoms with Gasteiger partial charge in [0.25, 0.3) is 0 Å². The molecule has 0 aliphatic carbocycles. The van der Waals surface area contributed by atoms with Gasteiger partial charge in [-0.25, -0.2) is 9.78 Å². The Kier molecular flexibility index (Phi) is 1.89. The summed E-state index contributed by atoms with van der Waals surface area (Å²) in [5.74, 6) is -1.05. The van der Waals surface area contributed by atoms with Crippen LogP contribution >= 0.6 is 0 Å². The van der Waals surface area contributed by atoms with E-state index in [9.17, 15) is 4.79 Å². The van der Waals surface area contributed by atoms with Crippen molar-refractivity contribution < 1.29 is 9.90 Å². The van der Waals surface area contributed by atoms with Gasteiger partial charge in [0.2, 0.25) is 0 Å². The summed E-state index contributed by atoms with van der Waals surface area (Å²) in [7, 11) is 0. The van der Waals surface area contributed by atoms with E-state index in [1.165, 1.54) is 6.20 Å². The second-order valence-electron chi connectivity index (χ2n) is 2.99. The Morgan fingerprint density at radius 1 is 1.36 bits per heavy atom. The highest BCUT2D eigenvalue weighted by atomic mass is 16.4. The fraction of sp³-hybridized carbons (Fsp3) is 0.100. The van der Waals surface area contributed by atoms with Crippen LogP contribution in [0.15, 0.2) is 24.4 Å². The summed E-state index contributed by atoms with van der Waals surface area (Å²) in [4.78, 5) is 18.8. The highest BCUT2D eigenvalue weighted by Crippen LogP contribution is 2.14. The number of pyridine rings is 2. The minimum absolute atomic E-state index is 0.00574. The maximum atomic E-state index is 10.8. The third-order valence-corrected chi connectivity index (χ3v) is 1.95. The van der Waals surface area contributed by atoms with Crippen LogP contribution in [0.1, 0.15) is 16.2 Å². The standard InChI is InChI=1S/C10H8N2O2/c1-6-2-3-7-4-5-11-9(10(13)14)8(7)12-6/h2-5H,1H3,(H,13,14). The van der Waals surface area contributed by atoms with E-state index in [1.807, 2.05) is 19.1 Å². The first kappa shape index (κ1) is 8.62. The van der Waals surface area contributed by atoms with Crippen LogP contribution in [0.25, 0.3) is 10.9 Å². The van der Waals surface area contributed by atoms with Crippen LogP contribution in [-0.4, -0.2) is 21.0 Å². The van der Waals surface area contributed by atoms with Gasteiger partial charge in [-0.2, -0.15) is 0 Å². The molecule has 2 rings (SSSR count). The molecule has 0 spiro atoms. The van der Waals surface area contributed by atoms with Gasteiger partial charge in [0.05, 0.1) is 0 Å². The van der Waals surface area contributed by atoms with Gasteiger partial charge in [0.1, 0.15) is 5.52 Å². The van der Waals surface area contributed by atoms with Crippen molar-refractivity contribution in [2.45, 2.75) is 6.92 Å². The first-order valence-electron chi connectivity index (χ1n) is 4.14. The van der Waals surface area contributed by atoms with Gasteiger partial charge in [-0.1, -0.05) is 6.07 Å². The topological polar surface area (TPSA) is 63.1 Å². The molecule has 0 fully saturated rings. The Bertz CT molecular complexity index is 508. The molecule has 2 aromatic heterocycles. The number of aromatic nitrogens is 2. The summed E-state index contributed by atoms with van der Waals surface area (Å²) in [6.07, 6.45) is 1.48. The molecule has 0 atom stereocenters. The summed E-state index contributed by atoms with van der Waals surface area (Å²) in [5, 5.41) is 9.67. The van der Waals surface area contributed by atoms with Crippen LogP contribution in [0.5, 0.6) is 0 Å². The van der Waals surface area contributed by atoms with Crippen molar-refractivity contribution in [1.29, 1.82) is 0 Å². The Labute approximate surface area is 80.2 Å². The van der Waals surface area contributed by atoms with E-state index < -0.39 is 5.97 Å². The second kappa shape index (κ2) is 3.06. The van der Waals surface area contributed by atoms with E-state index in [0.29, 0.717) is 5.52 Å². The van der Waals surface area contributed by atoms with Crippen LogP contribution in [0.3, 0.4) is 0 Å². The molecular formula is C10H8N2O2. The number of fused-ring (bicyclic) bond motifs is 1. The van der Waals surface area contributed by atoms with Crippen molar-refractivity contribution in [3.05, 3.63) is 35.8 Å². The third-order valence-electron chi connectivity index (χ3n) is 1.95. The molecule has 1 N–H and O–H groups in total. The molecular weight excluding hydrogens is 180 g/mol. The lowest BCUT2D eigenvalue weighted by molar-refractivity contribution is 0.0692. The number of hydrogen-bond donors (Lipinski definition) is 1. The molecule has 0 bridgehead atoms. The highest BCUT2D eigenvalue weighted by molar-refractivity contribution is 5.99. The molecule has 0 unspecified atom stereocenters. The number of carbonyl (C=O) groups is 1. The zero-order valence-electron chi connectivity index (χ0n) is 7.56. The number of nitrogens with zero attached hydrogens (tertiary/aromatic N) is 2. The summed E-state index contributed by atoms with van der Waals surface area (Å²) < 4.78 is 0. The van der Waals surface area contributed by atoms with E-state index in [4.69, 9.17) is 5.11 Å². The van der Waals surface area contributed by atoms with Gasteiger partial charge in [-0.05, 0) is 19.1 Å². The molecule has 2 aromatic rings. The molecule has 4 nitrogen and oxygen atoms in total. The average Bonchev–Trinajstić information content (AvgIpc) is 2.16. The maximum absolute atomic E-state index is 10.8. The van der Waals surface area contributed by atoms with Crippen molar-refractivity contribution >= 4 is 16.9 Å². The molecule has 0 saturated heterocycles. The number of hydrogen-bond acceptors (Lipinski definition) is 3. The zero-order valence-corrected chi connectivity index (χ0v) is 7.56. The lowest BCUT2D eigenvalue weighted by Gasteiger charge is -2.00. The monoisotopic (exact) mass is 188 g/mol. The molecule has 0 saturated carbocycles. The predicted molar refractivity (Wildman–Crippen MR) is 51.2 cm³/mol. The molecule has 70 valence electrons. The second-order valence-corrected chi connectivity index (χ2v) is 2.99. The minimum atomic E-state index is -1.05. The van der Waals surface area contributed by atoms with E-state index in [2.05, 4.69) is 9.97 Å². The van der Waals surface area contributed by atoms with E-state index in [0.717, 1.165) is 11.1 Å². The highest BCUT2D eigenvalue weighted by Gasteiger charge is 2.10. The number of aromatic carboxylic acids is 1. The summed E-state index contributed by atoms with van der Waals surface area (Å²) in [6.45, 7) is 1.82. The van der Waals surface area contributed by atoms with Gasteiger partial charge < -0.3 is 5.11 Å². The first-order valence-corrected chi connectivity index (χ1v) is 4.14. The van der Waals surface area contributed by atoms with E-state index in [-0.39, 0.29) is 5.69 Å². The molecule has 0 aromatic carbocycles. The normalized spacial score (nSPS) is 10.4. The Hall–Kier alpha value is -1.97. The lowest BCUT2D eigenvalue weighted by atomic mass is 10.2. The zero-order chi connectivity index (χ0) is 10.1. The van der Waals surface area contributed by atoms with Crippen molar-refractivity contribution in [2.24, 2.45) is 0 Å².